The average Bonchev–Trinajstić information content (AvgIpc) is 2.76. The molecular weight excluding hydrogens is 402 g/mol. The van der Waals surface area contributed by atoms with Crippen LogP contribution in [0.4, 0.5) is 5.69 Å². The Morgan fingerprint density at radius 3 is 2.70 bits per heavy atom. The Hall–Kier alpha value is -3.15. The number of amides is 2. The second-order valence-corrected chi connectivity index (χ2v) is 8.68. The molecule has 2 N–H and O–H groups in total. The Morgan fingerprint density at radius 2 is 1.93 bits per heavy atom. The third-order valence-electron chi connectivity index (χ3n) is 4.77. The van der Waals surface area contributed by atoms with E-state index in [-0.39, 0.29) is 29.5 Å². The second-order valence-electron chi connectivity index (χ2n) is 6.91. The van der Waals surface area contributed by atoms with Crippen LogP contribution in [0.1, 0.15) is 35.2 Å². The first-order valence-electron chi connectivity index (χ1n) is 9.61. The number of terminal acetylenes is 1. The maximum Gasteiger partial charge on any atom is 0.251 e. The van der Waals surface area contributed by atoms with Crippen LogP contribution in [-0.4, -0.2) is 33.3 Å². The third kappa shape index (κ3) is 5.26. The van der Waals surface area contributed by atoms with Crippen LogP contribution in [0.5, 0.6) is 0 Å². The molecule has 0 spiro atoms. The molecule has 2 amide bonds. The molecule has 0 bridgehead atoms. The van der Waals surface area contributed by atoms with Gasteiger partial charge in [-0.15, -0.1) is 6.42 Å². The molecule has 8 heteroatoms. The van der Waals surface area contributed by atoms with E-state index in [2.05, 4.69) is 16.0 Å². The first-order chi connectivity index (χ1) is 14.4. The van der Waals surface area contributed by atoms with E-state index in [0.29, 0.717) is 13.0 Å². The molecule has 0 saturated carbocycles. The summed E-state index contributed by atoms with van der Waals surface area (Å²) in [4.78, 5) is 26.4. The number of carbonyl (C=O) groups is 2. The van der Waals surface area contributed by atoms with Gasteiger partial charge in [0.25, 0.3) is 5.91 Å². The lowest BCUT2D eigenvalue weighted by atomic mass is 10.1. The summed E-state index contributed by atoms with van der Waals surface area (Å²) in [5.74, 6) is 1.92. The lowest BCUT2D eigenvalue weighted by molar-refractivity contribution is -0.119. The number of anilines is 1. The highest BCUT2D eigenvalue weighted by molar-refractivity contribution is 7.89. The van der Waals surface area contributed by atoms with Gasteiger partial charge in [0.15, 0.2) is 0 Å². The predicted octanol–water partition coefficient (Wildman–Crippen LogP) is 2.04. The van der Waals surface area contributed by atoms with Crippen molar-refractivity contribution in [3.8, 4) is 12.3 Å². The molecule has 0 atom stereocenters. The van der Waals surface area contributed by atoms with Gasteiger partial charge in [-0.3, -0.25) is 9.59 Å². The zero-order valence-corrected chi connectivity index (χ0v) is 17.2. The number of sulfonamides is 1. The van der Waals surface area contributed by atoms with Gasteiger partial charge in [0.1, 0.15) is 0 Å². The Bertz CT molecular complexity index is 1090. The minimum Gasteiger partial charge on any atom is -0.348 e. The summed E-state index contributed by atoms with van der Waals surface area (Å²) in [6.45, 7) is 0.819. The SMILES string of the molecule is C#CCNS(=O)(=O)c1cccc(C(=O)NCc2cccc(N3CCCCC3=O)c2)c1. The van der Waals surface area contributed by atoms with Gasteiger partial charge in [-0.1, -0.05) is 24.1 Å². The van der Waals surface area contributed by atoms with E-state index in [1.165, 1.54) is 18.2 Å². The smallest absolute Gasteiger partial charge is 0.251 e. The summed E-state index contributed by atoms with van der Waals surface area (Å²) in [5.41, 5.74) is 1.89. The monoisotopic (exact) mass is 425 g/mol. The van der Waals surface area contributed by atoms with Crippen molar-refractivity contribution in [2.45, 2.75) is 30.7 Å². The van der Waals surface area contributed by atoms with Gasteiger partial charge in [0.05, 0.1) is 11.4 Å². The van der Waals surface area contributed by atoms with Crippen molar-refractivity contribution < 1.29 is 18.0 Å². The first-order valence-corrected chi connectivity index (χ1v) is 11.1. The predicted molar refractivity (Wildman–Crippen MR) is 114 cm³/mol. The molecular formula is C22H23N3O4S. The van der Waals surface area contributed by atoms with Gasteiger partial charge >= 0.3 is 0 Å². The van der Waals surface area contributed by atoms with Crippen molar-refractivity contribution in [3.63, 3.8) is 0 Å². The van der Waals surface area contributed by atoms with Crippen molar-refractivity contribution in [2.75, 3.05) is 18.0 Å². The molecule has 1 fully saturated rings. The highest BCUT2D eigenvalue weighted by atomic mass is 32.2. The van der Waals surface area contributed by atoms with Crippen molar-refractivity contribution in [1.29, 1.82) is 0 Å². The fourth-order valence-corrected chi connectivity index (χ4v) is 4.20. The molecule has 0 aliphatic carbocycles. The Balaban J connectivity index is 1.68. The van der Waals surface area contributed by atoms with Gasteiger partial charge in [-0.25, -0.2) is 8.42 Å². The van der Waals surface area contributed by atoms with Crippen LogP contribution in [-0.2, 0) is 21.4 Å². The molecule has 1 aliphatic rings. The molecule has 1 heterocycles. The molecule has 30 heavy (non-hydrogen) atoms. The maximum atomic E-state index is 12.5. The van der Waals surface area contributed by atoms with Gasteiger partial charge in [0, 0.05) is 30.8 Å². The molecule has 1 aliphatic heterocycles. The van der Waals surface area contributed by atoms with Crippen molar-refractivity contribution in [1.82, 2.24) is 10.0 Å². The van der Waals surface area contributed by atoms with Crippen LogP contribution < -0.4 is 14.9 Å². The van der Waals surface area contributed by atoms with Gasteiger partial charge in [-0.2, -0.15) is 4.72 Å². The molecule has 1 saturated heterocycles. The zero-order valence-electron chi connectivity index (χ0n) is 16.4. The molecule has 156 valence electrons. The highest BCUT2D eigenvalue weighted by Crippen LogP contribution is 2.22. The van der Waals surface area contributed by atoms with E-state index in [1.54, 1.807) is 11.0 Å². The molecule has 2 aromatic rings. The highest BCUT2D eigenvalue weighted by Gasteiger charge is 2.20. The van der Waals surface area contributed by atoms with E-state index in [1.807, 2.05) is 24.3 Å². The van der Waals surface area contributed by atoms with Gasteiger partial charge in [0.2, 0.25) is 15.9 Å². The van der Waals surface area contributed by atoms with Crippen LogP contribution in [0, 0.1) is 12.3 Å². The fourth-order valence-electron chi connectivity index (χ4n) is 3.22. The van der Waals surface area contributed by atoms with Crippen LogP contribution in [0.3, 0.4) is 0 Å². The first kappa shape index (κ1) is 21.6. The number of nitrogens with one attached hydrogen (secondary N) is 2. The minimum absolute atomic E-state index is 0.0315. The van der Waals surface area contributed by atoms with Crippen molar-refractivity contribution in [3.05, 3.63) is 59.7 Å². The molecule has 0 unspecified atom stereocenters. The van der Waals surface area contributed by atoms with E-state index in [9.17, 15) is 18.0 Å². The standard InChI is InChI=1S/C22H23N3O4S/c1-2-12-24-30(28,29)20-10-6-8-18(15-20)22(27)23-16-17-7-5-9-19(14-17)25-13-4-3-11-21(25)26/h1,5-10,14-15,24H,3-4,11-13,16H2,(H,23,27). The Kier molecular flexibility index (Phi) is 6.87. The molecule has 0 radical (unpaired) electrons. The second kappa shape index (κ2) is 9.57. The lowest BCUT2D eigenvalue weighted by Crippen LogP contribution is -2.35. The summed E-state index contributed by atoms with van der Waals surface area (Å²) in [7, 11) is -3.78. The molecule has 0 aromatic heterocycles. The van der Waals surface area contributed by atoms with Crippen LogP contribution in [0.25, 0.3) is 0 Å². The molecule has 7 nitrogen and oxygen atoms in total. The third-order valence-corrected chi connectivity index (χ3v) is 6.17. The van der Waals surface area contributed by atoms with Gasteiger partial charge < -0.3 is 10.2 Å². The summed E-state index contributed by atoms with van der Waals surface area (Å²) in [6, 6.07) is 13.2. The minimum atomic E-state index is -3.78. The van der Waals surface area contributed by atoms with E-state index in [0.717, 1.165) is 24.1 Å². The van der Waals surface area contributed by atoms with Gasteiger partial charge in [-0.05, 0) is 48.7 Å². The quantitative estimate of drug-likeness (QED) is 0.664. The fraction of sp³-hybridized carbons (Fsp3) is 0.273. The number of carbonyl (C=O) groups excluding carboxylic acids is 2. The number of benzene rings is 2. The Labute approximate surface area is 176 Å². The molecule has 2 aromatic carbocycles. The van der Waals surface area contributed by atoms with Crippen LogP contribution in [0.15, 0.2) is 53.4 Å². The number of hydrogen-bond donors (Lipinski definition) is 2. The Morgan fingerprint density at radius 1 is 1.13 bits per heavy atom. The van der Waals surface area contributed by atoms with Crippen LogP contribution >= 0.6 is 0 Å². The summed E-state index contributed by atoms with van der Waals surface area (Å²) in [5, 5.41) is 2.79. The van der Waals surface area contributed by atoms with Crippen molar-refractivity contribution >= 4 is 27.5 Å². The summed E-state index contributed by atoms with van der Waals surface area (Å²) < 4.78 is 26.6. The number of rotatable bonds is 7. The van der Waals surface area contributed by atoms with E-state index >= 15 is 0 Å². The normalized spacial score (nSPS) is 14.2. The van der Waals surface area contributed by atoms with E-state index in [4.69, 9.17) is 6.42 Å². The molecule has 3 rings (SSSR count). The van der Waals surface area contributed by atoms with Crippen LogP contribution in [0.2, 0.25) is 0 Å². The maximum absolute atomic E-state index is 12.5. The van der Waals surface area contributed by atoms with E-state index < -0.39 is 15.9 Å². The number of piperidine rings is 1. The number of nitrogens with zero attached hydrogens (tertiary/aromatic N) is 1. The topological polar surface area (TPSA) is 95.6 Å². The lowest BCUT2D eigenvalue weighted by Gasteiger charge is -2.27. The summed E-state index contributed by atoms with van der Waals surface area (Å²) in [6.07, 6.45) is 7.53. The average molecular weight is 426 g/mol. The zero-order chi connectivity index (χ0) is 21.6. The largest absolute Gasteiger partial charge is 0.348 e. The number of hydrogen-bond acceptors (Lipinski definition) is 4. The van der Waals surface area contributed by atoms with Crippen molar-refractivity contribution in [2.24, 2.45) is 0 Å². The summed E-state index contributed by atoms with van der Waals surface area (Å²) >= 11 is 0.